The fraction of sp³-hybridized carbons (Fsp3) is 0.222. The van der Waals surface area contributed by atoms with E-state index in [1.807, 2.05) is 20.8 Å². The lowest BCUT2D eigenvalue weighted by Crippen LogP contribution is -2.33. The van der Waals surface area contributed by atoms with Crippen LogP contribution in [-0.4, -0.2) is 42.4 Å². The number of hydrogen-bond donors (Lipinski definition) is 0. The summed E-state index contributed by atoms with van der Waals surface area (Å²) in [5.41, 5.74) is 0.619. The Kier molecular flexibility index (Phi) is 3.55. The summed E-state index contributed by atoms with van der Waals surface area (Å²) in [5.74, 6) is -2.09. The quantitative estimate of drug-likeness (QED) is 0.637. The number of benzene rings is 1. The predicted octanol–water partition coefficient (Wildman–Crippen LogP) is 1.79. The van der Waals surface area contributed by atoms with Crippen molar-refractivity contribution >= 4 is 23.6 Å². The van der Waals surface area contributed by atoms with Gasteiger partial charge in [-0.05, 0) is 18.2 Å². The minimum absolute atomic E-state index is 0.0722. The van der Waals surface area contributed by atoms with E-state index < -0.39 is 17.8 Å². The summed E-state index contributed by atoms with van der Waals surface area (Å²) >= 11 is 0. The second kappa shape index (κ2) is 5.70. The van der Waals surface area contributed by atoms with Crippen LogP contribution in [-0.2, 0) is 10.3 Å². The Morgan fingerprint density at radius 2 is 1.70 bits per heavy atom. The highest BCUT2D eigenvalue weighted by Crippen LogP contribution is 2.25. The van der Waals surface area contributed by atoms with Crippen molar-refractivity contribution in [2.24, 2.45) is 0 Å². The van der Waals surface area contributed by atoms with Gasteiger partial charge < -0.3 is 4.84 Å². The first-order valence-electron chi connectivity index (χ1n) is 8.19. The van der Waals surface area contributed by atoms with Gasteiger partial charge in [-0.25, -0.2) is 14.3 Å². The molecule has 0 atom stereocenters. The first-order valence-corrected chi connectivity index (χ1v) is 8.19. The highest BCUT2D eigenvalue weighted by molar-refractivity contribution is 6.21. The lowest BCUT2D eigenvalue weighted by atomic mass is 9.91. The van der Waals surface area contributed by atoms with E-state index in [1.165, 1.54) is 29.0 Å². The summed E-state index contributed by atoms with van der Waals surface area (Å²) < 4.78 is 1.53. The maximum Gasteiger partial charge on any atom is 0.382 e. The molecule has 0 unspecified atom stereocenters. The highest BCUT2D eigenvalue weighted by Gasteiger charge is 2.39. The minimum Gasteiger partial charge on any atom is -0.323 e. The zero-order valence-electron chi connectivity index (χ0n) is 14.8. The largest absolute Gasteiger partial charge is 0.382 e. The van der Waals surface area contributed by atoms with Crippen LogP contribution in [0.4, 0.5) is 0 Å². The standard InChI is InChI=1S/C18H15N5O4/c1-18(2,3)13-8-12(21-17-19-9-20-22(13)17)16(26)27-23-14(24)10-6-4-5-7-11(10)15(23)25/h4-9H,1-3H3. The molecule has 0 bridgehead atoms. The van der Waals surface area contributed by atoms with Gasteiger partial charge in [-0.1, -0.05) is 38.0 Å². The van der Waals surface area contributed by atoms with Crippen molar-refractivity contribution < 1.29 is 19.2 Å². The third-order valence-corrected chi connectivity index (χ3v) is 4.16. The molecule has 2 amide bonds. The number of fused-ring (bicyclic) bond motifs is 2. The maximum atomic E-state index is 12.6. The Morgan fingerprint density at radius 3 is 2.30 bits per heavy atom. The number of aromatic nitrogens is 4. The van der Waals surface area contributed by atoms with Crippen molar-refractivity contribution in [1.82, 2.24) is 24.6 Å². The maximum absolute atomic E-state index is 12.6. The van der Waals surface area contributed by atoms with Crippen molar-refractivity contribution in [2.75, 3.05) is 0 Å². The van der Waals surface area contributed by atoms with Crippen molar-refractivity contribution in [3.05, 3.63) is 59.2 Å². The highest BCUT2D eigenvalue weighted by atomic mass is 16.7. The molecule has 0 fully saturated rings. The van der Waals surface area contributed by atoms with Gasteiger partial charge in [0.15, 0.2) is 5.69 Å². The van der Waals surface area contributed by atoms with Crippen molar-refractivity contribution in [1.29, 1.82) is 0 Å². The normalized spacial score (nSPS) is 14.0. The van der Waals surface area contributed by atoms with E-state index >= 15 is 0 Å². The third kappa shape index (κ3) is 2.64. The molecule has 27 heavy (non-hydrogen) atoms. The number of imide groups is 1. The van der Waals surface area contributed by atoms with Crippen LogP contribution in [0.3, 0.4) is 0 Å². The molecule has 3 heterocycles. The van der Waals surface area contributed by atoms with Gasteiger partial charge in [0.2, 0.25) is 0 Å². The molecule has 0 saturated carbocycles. The zero-order chi connectivity index (χ0) is 19.3. The van der Waals surface area contributed by atoms with Gasteiger partial charge in [0, 0.05) is 5.41 Å². The van der Waals surface area contributed by atoms with Gasteiger partial charge in [-0.2, -0.15) is 10.1 Å². The number of carbonyl (C=O) groups is 3. The van der Waals surface area contributed by atoms with Crippen LogP contribution in [0.25, 0.3) is 5.78 Å². The summed E-state index contributed by atoms with van der Waals surface area (Å²) in [6.45, 7) is 5.84. The van der Waals surface area contributed by atoms with Crippen LogP contribution in [0, 0.1) is 0 Å². The molecule has 1 aromatic carbocycles. The SMILES string of the molecule is CC(C)(C)c1cc(C(=O)ON2C(=O)c3ccccc3C2=O)nc2ncnn12. The predicted molar refractivity (Wildman–Crippen MR) is 91.8 cm³/mol. The van der Waals surface area contributed by atoms with E-state index in [0.29, 0.717) is 10.8 Å². The molecule has 0 radical (unpaired) electrons. The van der Waals surface area contributed by atoms with E-state index in [-0.39, 0.29) is 28.0 Å². The van der Waals surface area contributed by atoms with Crippen molar-refractivity contribution in [2.45, 2.75) is 26.2 Å². The van der Waals surface area contributed by atoms with Crippen LogP contribution in [0.5, 0.6) is 0 Å². The van der Waals surface area contributed by atoms with Gasteiger partial charge in [0.05, 0.1) is 16.8 Å². The molecule has 9 heteroatoms. The molecule has 9 nitrogen and oxygen atoms in total. The fourth-order valence-electron chi connectivity index (χ4n) is 2.83. The van der Waals surface area contributed by atoms with Crippen LogP contribution in [0.1, 0.15) is 57.7 Å². The second-order valence-electron chi connectivity index (χ2n) is 7.08. The number of amides is 2. The van der Waals surface area contributed by atoms with E-state index in [1.54, 1.807) is 12.1 Å². The van der Waals surface area contributed by atoms with Gasteiger partial charge in [-0.3, -0.25) is 9.59 Å². The second-order valence-corrected chi connectivity index (χ2v) is 7.08. The van der Waals surface area contributed by atoms with E-state index in [4.69, 9.17) is 4.84 Å². The Bertz CT molecular complexity index is 1080. The van der Waals surface area contributed by atoms with E-state index in [9.17, 15) is 14.4 Å². The van der Waals surface area contributed by atoms with Crippen LogP contribution >= 0.6 is 0 Å². The molecule has 136 valence electrons. The van der Waals surface area contributed by atoms with Gasteiger partial charge in [0.1, 0.15) is 6.33 Å². The van der Waals surface area contributed by atoms with E-state index in [0.717, 1.165) is 0 Å². The molecule has 4 rings (SSSR count). The molecule has 0 spiro atoms. The Morgan fingerprint density at radius 1 is 1.07 bits per heavy atom. The smallest absolute Gasteiger partial charge is 0.323 e. The third-order valence-electron chi connectivity index (χ3n) is 4.16. The summed E-state index contributed by atoms with van der Waals surface area (Å²) in [6.07, 6.45) is 1.33. The lowest BCUT2D eigenvalue weighted by Gasteiger charge is -2.20. The van der Waals surface area contributed by atoms with Crippen LogP contribution in [0.15, 0.2) is 36.7 Å². The zero-order valence-corrected chi connectivity index (χ0v) is 14.8. The number of rotatable bonds is 2. The van der Waals surface area contributed by atoms with Gasteiger partial charge >= 0.3 is 5.97 Å². The van der Waals surface area contributed by atoms with E-state index in [2.05, 4.69) is 15.1 Å². The Hall–Kier alpha value is -3.62. The first-order chi connectivity index (χ1) is 12.8. The van der Waals surface area contributed by atoms with Gasteiger partial charge in [-0.15, -0.1) is 0 Å². The number of nitrogens with zero attached hydrogens (tertiary/aromatic N) is 5. The molecule has 1 aliphatic heterocycles. The van der Waals surface area contributed by atoms with Crippen LogP contribution < -0.4 is 0 Å². The van der Waals surface area contributed by atoms with Crippen molar-refractivity contribution in [3.8, 4) is 0 Å². The van der Waals surface area contributed by atoms with Crippen molar-refractivity contribution in [3.63, 3.8) is 0 Å². The molecule has 0 saturated heterocycles. The number of carbonyl (C=O) groups excluding carboxylic acids is 3. The molecule has 1 aliphatic rings. The summed E-state index contributed by atoms with van der Waals surface area (Å²) in [7, 11) is 0. The minimum atomic E-state index is -0.930. The number of hydrogen-bond acceptors (Lipinski definition) is 7. The Balaban J connectivity index is 1.69. The molecule has 0 aliphatic carbocycles. The van der Waals surface area contributed by atoms with Crippen LogP contribution in [0.2, 0.25) is 0 Å². The molecule has 2 aromatic heterocycles. The summed E-state index contributed by atoms with van der Waals surface area (Å²) in [5, 5.41) is 4.57. The topological polar surface area (TPSA) is 107 Å². The average Bonchev–Trinajstić information content (AvgIpc) is 3.19. The fourth-order valence-corrected chi connectivity index (χ4v) is 2.83. The molecular formula is C18H15N5O4. The van der Waals surface area contributed by atoms with Gasteiger partial charge in [0.25, 0.3) is 17.6 Å². The summed E-state index contributed by atoms with van der Waals surface area (Å²) in [4.78, 5) is 50.5. The average molecular weight is 365 g/mol. The molecule has 3 aromatic rings. The molecule has 0 N–H and O–H groups in total. The number of hydroxylamine groups is 2. The Labute approximate surface area is 153 Å². The summed E-state index contributed by atoms with van der Waals surface area (Å²) in [6, 6.07) is 7.78. The first kappa shape index (κ1) is 16.8. The molecular weight excluding hydrogens is 350 g/mol. The lowest BCUT2D eigenvalue weighted by molar-refractivity contribution is -0.0588. The monoisotopic (exact) mass is 365 g/mol.